The lowest BCUT2D eigenvalue weighted by Crippen LogP contribution is -2.46. The molecule has 6 nitrogen and oxygen atoms in total. The van der Waals surface area contributed by atoms with Gasteiger partial charge in [0, 0.05) is 18.7 Å². The largest absolute Gasteiger partial charge is 0.495 e. The Morgan fingerprint density at radius 1 is 1.14 bits per heavy atom. The number of piperidine rings is 1. The summed E-state index contributed by atoms with van der Waals surface area (Å²) >= 11 is 1.17. The van der Waals surface area contributed by atoms with Crippen molar-refractivity contribution < 1.29 is 26.7 Å². The fourth-order valence-corrected chi connectivity index (χ4v) is 6.05. The second kappa shape index (κ2) is 12.5. The third-order valence-corrected chi connectivity index (χ3v) is 8.13. The van der Waals surface area contributed by atoms with E-state index in [1.165, 1.54) is 18.4 Å². The number of hydrogen-bond acceptors (Lipinski definition) is 7. The van der Waals surface area contributed by atoms with E-state index in [1.54, 1.807) is 36.4 Å². The Kier molecular flexibility index (Phi) is 8.80. The lowest BCUT2D eigenvalue weighted by atomic mass is 10.0. The van der Waals surface area contributed by atoms with Gasteiger partial charge < -0.3 is 20.3 Å². The van der Waals surface area contributed by atoms with Gasteiger partial charge in [0.1, 0.15) is 11.9 Å². The highest BCUT2D eigenvalue weighted by molar-refractivity contribution is 7.20. The zero-order valence-electron chi connectivity index (χ0n) is 22.9. The predicted molar refractivity (Wildman–Crippen MR) is 155 cm³/mol. The average Bonchev–Trinajstić information content (AvgIpc) is 3.29. The molecule has 12 heteroatoms. The molecule has 0 bridgehead atoms. The zero-order valence-corrected chi connectivity index (χ0v) is 23.7. The van der Waals surface area contributed by atoms with Crippen LogP contribution in [0.1, 0.15) is 16.9 Å². The number of fused-ring (bicyclic) bond motifs is 1. The number of benzene rings is 2. The first kappa shape index (κ1) is 29.5. The maximum Gasteiger partial charge on any atom is 0.393 e. The SMILES string of the molecule is COc1cc(-c2ncc(F)cn2)ccc1NCC#Cc1sc2c(NC3CCN(C)CC3F)cccc2c1CC(F)(F)F. The Balaban J connectivity index is 1.38. The summed E-state index contributed by atoms with van der Waals surface area (Å²) in [7, 11) is 3.35. The molecular weight excluding hydrogens is 573 g/mol. The highest BCUT2D eigenvalue weighted by atomic mass is 32.1. The molecule has 2 N–H and O–H groups in total. The van der Waals surface area contributed by atoms with E-state index in [0.717, 1.165) is 18.9 Å². The van der Waals surface area contributed by atoms with Gasteiger partial charge in [-0.3, -0.25) is 0 Å². The number of halogens is 5. The second-order valence-electron chi connectivity index (χ2n) is 10.00. The summed E-state index contributed by atoms with van der Waals surface area (Å²) < 4.78 is 74.7. The standard InChI is InChI=1S/C30H28F5N5OS/c1-40-12-10-23(22(32)17-40)39-25-6-3-5-20-21(14-30(33,34)35)27(42-28(20)25)7-4-11-36-24-9-8-18(13-26(24)41-2)29-37-15-19(31)16-38-29/h3,5-6,8-9,13,15-16,22-23,36,39H,10-12,14,17H2,1-2H3. The number of nitrogens with zero attached hydrogens (tertiary/aromatic N) is 3. The maximum atomic E-state index is 14.7. The Labute approximate surface area is 243 Å². The molecule has 0 aliphatic carbocycles. The summed E-state index contributed by atoms with van der Waals surface area (Å²) in [5.41, 5.74) is 1.95. The highest BCUT2D eigenvalue weighted by Crippen LogP contribution is 2.39. The number of thiophene rings is 1. The van der Waals surface area contributed by atoms with E-state index in [0.29, 0.717) is 56.4 Å². The molecule has 0 amide bonds. The molecule has 0 radical (unpaired) electrons. The molecule has 2 aromatic heterocycles. The fourth-order valence-electron chi connectivity index (χ4n) is 4.88. The minimum absolute atomic E-state index is 0.111. The minimum atomic E-state index is -4.42. The van der Waals surface area contributed by atoms with Crippen LogP contribution < -0.4 is 15.4 Å². The summed E-state index contributed by atoms with van der Waals surface area (Å²) in [5.74, 6) is 6.10. The molecule has 1 saturated heterocycles. The summed E-state index contributed by atoms with van der Waals surface area (Å²) in [5, 5.41) is 6.83. The zero-order chi connectivity index (χ0) is 29.9. The van der Waals surface area contributed by atoms with E-state index in [9.17, 15) is 22.0 Å². The number of rotatable bonds is 7. The summed E-state index contributed by atoms with van der Waals surface area (Å²) in [4.78, 5) is 10.2. The Bertz CT molecular complexity index is 1610. The third-order valence-electron chi connectivity index (χ3n) is 6.93. The van der Waals surface area contributed by atoms with Gasteiger partial charge in [-0.15, -0.1) is 11.3 Å². The van der Waals surface area contributed by atoms with Gasteiger partial charge in [-0.1, -0.05) is 24.0 Å². The Hall–Kier alpha value is -3.95. The molecule has 0 spiro atoms. The van der Waals surface area contributed by atoms with Crippen LogP contribution in [0, 0.1) is 17.7 Å². The predicted octanol–water partition coefficient (Wildman–Crippen LogP) is 6.53. The third kappa shape index (κ3) is 6.91. The van der Waals surface area contributed by atoms with E-state index in [1.807, 2.05) is 11.9 Å². The van der Waals surface area contributed by atoms with Gasteiger partial charge in [0.25, 0.3) is 0 Å². The number of nitrogens with one attached hydrogen (secondary N) is 2. The Morgan fingerprint density at radius 3 is 2.64 bits per heavy atom. The molecule has 220 valence electrons. The van der Waals surface area contributed by atoms with Gasteiger partial charge in [-0.2, -0.15) is 13.2 Å². The summed E-state index contributed by atoms with van der Waals surface area (Å²) in [6.45, 7) is 1.16. The van der Waals surface area contributed by atoms with E-state index in [-0.39, 0.29) is 12.1 Å². The van der Waals surface area contributed by atoms with Gasteiger partial charge in [0.15, 0.2) is 11.6 Å². The first-order valence-corrected chi connectivity index (χ1v) is 14.0. The van der Waals surface area contributed by atoms with Crippen LogP contribution in [0.25, 0.3) is 21.5 Å². The number of hydrogen-bond donors (Lipinski definition) is 2. The van der Waals surface area contributed by atoms with Crippen molar-refractivity contribution in [2.45, 2.75) is 31.2 Å². The van der Waals surface area contributed by atoms with Crippen LogP contribution in [0.5, 0.6) is 5.75 Å². The molecule has 5 rings (SSSR count). The molecule has 2 aromatic carbocycles. The average molecular weight is 602 g/mol. The number of anilines is 2. The van der Waals surface area contributed by atoms with Gasteiger partial charge in [0.05, 0.1) is 59.5 Å². The quantitative estimate of drug-likeness (QED) is 0.186. The van der Waals surface area contributed by atoms with Crippen LogP contribution in [0.4, 0.5) is 33.3 Å². The van der Waals surface area contributed by atoms with Crippen LogP contribution in [0.3, 0.4) is 0 Å². The molecule has 2 unspecified atom stereocenters. The molecule has 1 aliphatic heterocycles. The van der Waals surface area contributed by atoms with Crippen molar-refractivity contribution in [2.75, 3.05) is 44.4 Å². The van der Waals surface area contributed by atoms with Crippen molar-refractivity contribution in [3.05, 3.63) is 65.0 Å². The van der Waals surface area contributed by atoms with Gasteiger partial charge in [0.2, 0.25) is 0 Å². The van der Waals surface area contributed by atoms with E-state index in [4.69, 9.17) is 4.74 Å². The molecule has 2 atom stereocenters. The molecule has 4 aromatic rings. The van der Waals surface area contributed by atoms with Gasteiger partial charge >= 0.3 is 6.18 Å². The lowest BCUT2D eigenvalue weighted by Gasteiger charge is -2.33. The first-order valence-electron chi connectivity index (χ1n) is 13.2. The molecule has 1 aliphatic rings. The van der Waals surface area contributed by atoms with Crippen LogP contribution in [0.15, 0.2) is 48.8 Å². The fraction of sp³-hybridized carbons (Fsp3) is 0.333. The van der Waals surface area contributed by atoms with Crippen LogP contribution >= 0.6 is 11.3 Å². The topological polar surface area (TPSA) is 62.3 Å². The van der Waals surface area contributed by atoms with Crippen LogP contribution in [-0.4, -0.2) is 67.0 Å². The summed E-state index contributed by atoms with van der Waals surface area (Å²) in [6, 6.07) is 9.85. The van der Waals surface area contributed by atoms with E-state index in [2.05, 4.69) is 32.4 Å². The smallest absolute Gasteiger partial charge is 0.393 e. The number of likely N-dealkylation sites (tertiary alicyclic amines) is 1. The monoisotopic (exact) mass is 601 g/mol. The van der Waals surface area contributed by atoms with Crippen molar-refractivity contribution in [1.29, 1.82) is 0 Å². The van der Waals surface area contributed by atoms with Crippen molar-refractivity contribution in [1.82, 2.24) is 14.9 Å². The Morgan fingerprint density at radius 2 is 1.93 bits per heavy atom. The van der Waals surface area contributed by atoms with Gasteiger partial charge in [-0.25, -0.2) is 18.7 Å². The molecule has 1 fully saturated rings. The van der Waals surface area contributed by atoms with E-state index >= 15 is 0 Å². The summed E-state index contributed by atoms with van der Waals surface area (Å²) in [6.07, 6.45) is -3.89. The van der Waals surface area contributed by atoms with Crippen LogP contribution in [0.2, 0.25) is 0 Å². The van der Waals surface area contributed by atoms with Crippen molar-refractivity contribution in [3.8, 4) is 29.0 Å². The van der Waals surface area contributed by atoms with E-state index < -0.39 is 30.6 Å². The first-order chi connectivity index (χ1) is 20.1. The van der Waals surface area contributed by atoms with Crippen molar-refractivity contribution in [2.24, 2.45) is 0 Å². The van der Waals surface area contributed by atoms with Crippen molar-refractivity contribution >= 4 is 32.8 Å². The van der Waals surface area contributed by atoms with Crippen molar-refractivity contribution in [3.63, 3.8) is 0 Å². The number of alkyl halides is 4. The highest BCUT2D eigenvalue weighted by Gasteiger charge is 2.32. The van der Waals surface area contributed by atoms with Crippen LogP contribution in [-0.2, 0) is 6.42 Å². The number of aromatic nitrogens is 2. The molecule has 0 saturated carbocycles. The molecule has 3 heterocycles. The van der Waals surface area contributed by atoms with Gasteiger partial charge in [-0.05, 0) is 48.7 Å². The second-order valence-corrected chi connectivity index (χ2v) is 11.0. The number of ether oxygens (including phenoxy) is 1. The minimum Gasteiger partial charge on any atom is -0.495 e. The molecule has 42 heavy (non-hydrogen) atoms. The maximum absolute atomic E-state index is 14.7. The number of methoxy groups -OCH3 is 1. The normalized spacial score (nSPS) is 17.5. The lowest BCUT2D eigenvalue weighted by molar-refractivity contribution is -0.126. The molecular formula is C30H28F5N5OS.